The fraction of sp³-hybridized carbons (Fsp3) is 0.471. The highest BCUT2D eigenvalue weighted by molar-refractivity contribution is 6.94. The van der Waals surface area contributed by atoms with Crippen molar-refractivity contribution in [2.45, 2.75) is 46.2 Å². The van der Waals surface area contributed by atoms with Crippen LogP contribution in [-0.4, -0.2) is 14.4 Å². The monoisotopic (exact) mass is 274 g/mol. The number of carbonyl (C=O) groups is 1. The van der Waals surface area contributed by atoms with Gasteiger partial charge in [-0.15, -0.1) is 0 Å². The van der Waals surface area contributed by atoms with Gasteiger partial charge >= 0.3 is 0 Å². The molecule has 0 aliphatic heterocycles. The first-order valence-electron chi connectivity index (χ1n) is 7.22. The lowest BCUT2D eigenvalue weighted by Crippen LogP contribution is -2.39. The van der Waals surface area contributed by atoms with Gasteiger partial charge in [-0.3, -0.25) is 4.79 Å². The summed E-state index contributed by atoms with van der Waals surface area (Å²) < 4.78 is 0. The molecule has 0 aliphatic carbocycles. The van der Waals surface area contributed by atoms with Crippen LogP contribution in [0.15, 0.2) is 41.6 Å². The van der Waals surface area contributed by atoms with Gasteiger partial charge in [0, 0.05) is 0 Å². The largest absolute Gasteiger partial charge is 0.298 e. The Hall–Kier alpha value is -1.15. The molecule has 1 atom stereocenters. The highest BCUT2D eigenvalue weighted by Gasteiger charge is 2.21. The van der Waals surface area contributed by atoms with E-state index in [1.54, 1.807) is 0 Å². The molecule has 0 saturated carbocycles. The number of benzene rings is 1. The maximum atomic E-state index is 11.3. The Balaban J connectivity index is 2.81. The minimum absolute atomic E-state index is 0.699. The molecule has 1 aromatic carbocycles. The number of hydrogen-bond acceptors (Lipinski definition) is 1. The molecule has 0 aromatic heterocycles. The van der Waals surface area contributed by atoms with Gasteiger partial charge in [-0.1, -0.05) is 74.6 Å². The molecule has 104 valence electrons. The van der Waals surface area contributed by atoms with Crippen molar-refractivity contribution >= 4 is 19.5 Å². The molecule has 0 aliphatic rings. The van der Waals surface area contributed by atoms with Crippen LogP contribution in [0.4, 0.5) is 0 Å². The van der Waals surface area contributed by atoms with Gasteiger partial charge in [-0.2, -0.15) is 0 Å². The second kappa shape index (κ2) is 7.44. The van der Waals surface area contributed by atoms with E-state index >= 15 is 0 Å². The summed E-state index contributed by atoms with van der Waals surface area (Å²) in [7, 11) is -1.64. The van der Waals surface area contributed by atoms with Gasteiger partial charge in [0.2, 0.25) is 0 Å². The fourth-order valence-electron chi connectivity index (χ4n) is 2.20. The first kappa shape index (κ1) is 15.9. The van der Waals surface area contributed by atoms with E-state index in [0.29, 0.717) is 5.92 Å². The lowest BCUT2D eigenvalue weighted by Gasteiger charge is -2.20. The first-order valence-corrected chi connectivity index (χ1v) is 10.3. The van der Waals surface area contributed by atoms with Crippen molar-refractivity contribution in [2.75, 3.05) is 0 Å². The van der Waals surface area contributed by atoms with Crippen molar-refractivity contribution in [3.05, 3.63) is 41.6 Å². The van der Waals surface area contributed by atoms with Crippen LogP contribution in [0.2, 0.25) is 13.1 Å². The summed E-state index contributed by atoms with van der Waals surface area (Å²) in [6, 6.07) is 10.6. The molecule has 19 heavy (non-hydrogen) atoms. The van der Waals surface area contributed by atoms with Gasteiger partial charge < -0.3 is 0 Å². The Kier molecular flexibility index (Phi) is 6.23. The summed E-state index contributed by atoms with van der Waals surface area (Å²) >= 11 is 0. The van der Waals surface area contributed by atoms with Crippen LogP contribution >= 0.6 is 0 Å². The van der Waals surface area contributed by atoms with E-state index < -0.39 is 8.07 Å². The van der Waals surface area contributed by atoms with Crippen LogP contribution in [0.5, 0.6) is 0 Å². The smallest absolute Gasteiger partial charge is 0.145 e. The Morgan fingerprint density at radius 1 is 1.26 bits per heavy atom. The Bertz CT molecular complexity index is 420. The van der Waals surface area contributed by atoms with Crippen molar-refractivity contribution in [2.24, 2.45) is 5.92 Å². The number of hydrogen-bond donors (Lipinski definition) is 0. The van der Waals surface area contributed by atoms with E-state index in [2.05, 4.69) is 56.9 Å². The molecular formula is C17H26OSi. The summed E-state index contributed by atoms with van der Waals surface area (Å²) in [4.78, 5) is 11.3. The molecule has 2 heteroatoms. The van der Waals surface area contributed by atoms with Gasteiger partial charge in [-0.05, 0) is 24.3 Å². The molecule has 0 radical (unpaired) electrons. The molecule has 0 bridgehead atoms. The zero-order valence-electron chi connectivity index (χ0n) is 12.6. The van der Waals surface area contributed by atoms with Gasteiger partial charge in [0.05, 0.1) is 0 Å². The van der Waals surface area contributed by atoms with Crippen LogP contribution in [0.25, 0.3) is 0 Å². The summed E-state index contributed by atoms with van der Waals surface area (Å²) in [6.07, 6.45) is 4.27. The third-order valence-corrected chi connectivity index (χ3v) is 6.75. The summed E-state index contributed by atoms with van der Waals surface area (Å²) in [5, 5.41) is 1.39. The van der Waals surface area contributed by atoms with E-state index in [9.17, 15) is 4.79 Å². The predicted molar refractivity (Wildman–Crippen MR) is 86.4 cm³/mol. The van der Waals surface area contributed by atoms with Crippen LogP contribution in [0, 0.1) is 5.92 Å². The maximum Gasteiger partial charge on any atom is 0.145 e. The average Bonchev–Trinajstić information content (AvgIpc) is 2.43. The molecular weight excluding hydrogens is 248 g/mol. The number of aldehydes is 1. The van der Waals surface area contributed by atoms with Crippen LogP contribution in [-0.2, 0) is 4.79 Å². The highest BCUT2D eigenvalue weighted by Crippen LogP contribution is 2.16. The predicted octanol–water partition coefficient (Wildman–Crippen LogP) is 4.09. The second-order valence-electron chi connectivity index (χ2n) is 5.98. The third kappa shape index (κ3) is 5.15. The SMILES string of the molecule is CCC(C)CC/C(C=O)=C/[Si](C)(C)c1ccccc1. The van der Waals surface area contributed by atoms with E-state index in [0.717, 1.165) is 24.7 Å². The van der Waals surface area contributed by atoms with Gasteiger partial charge in [0.15, 0.2) is 0 Å². The standard InChI is InChI=1S/C17H26OSi/c1-5-15(2)11-12-16(13-18)14-19(3,4)17-9-7-6-8-10-17/h6-10,13-15H,5,11-12H2,1-4H3/b16-14-. The van der Waals surface area contributed by atoms with Crippen molar-refractivity contribution in [1.29, 1.82) is 0 Å². The fourth-order valence-corrected chi connectivity index (χ4v) is 4.55. The Morgan fingerprint density at radius 2 is 1.89 bits per heavy atom. The summed E-state index contributed by atoms with van der Waals surface area (Å²) in [5.41, 5.74) is 3.25. The summed E-state index contributed by atoms with van der Waals surface area (Å²) in [5.74, 6) is 0.699. The van der Waals surface area contributed by atoms with E-state index in [4.69, 9.17) is 0 Å². The van der Waals surface area contributed by atoms with Crippen LogP contribution in [0.3, 0.4) is 0 Å². The minimum Gasteiger partial charge on any atom is -0.298 e. The highest BCUT2D eigenvalue weighted by atomic mass is 28.3. The van der Waals surface area contributed by atoms with Gasteiger partial charge in [0.1, 0.15) is 14.4 Å². The summed E-state index contributed by atoms with van der Waals surface area (Å²) in [6.45, 7) is 9.06. The van der Waals surface area contributed by atoms with E-state index in [-0.39, 0.29) is 0 Å². The molecule has 0 fully saturated rings. The number of rotatable bonds is 7. The molecule has 1 nitrogen and oxygen atoms in total. The maximum absolute atomic E-state index is 11.3. The van der Waals surface area contributed by atoms with E-state index in [1.165, 1.54) is 11.6 Å². The minimum atomic E-state index is -1.64. The zero-order valence-corrected chi connectivity index (χ0v) is 13.6. The number of allylic oxidation sites excluding steroid dienone is 1. The van der Waals surface area contributed by atoms with Gasteiger partial charge in [0.25, 0.3) is 0 Å². The Morgan fingerprint density at radius 3 is 2.42 bits per heavy atom. The average molecular weight is 274 g/mol. The molecule has 0 amide bonds. The van der Waals surface area contributed by atoms with Crippen LogP contribution in [0.1, 0.15) is 33.1 Å². The Labute approximate surface area is 118 Å². The van der Waals surface area contributed by atoms with E-state index in [1.807, 2.05) is 6.07 Å². The van der Waals surface area contributed by atoms with Crippen molar-refractivity contribution in [1.82, 2.24) is 0 Å². The van der Waals surface area contributed by atoms with Crippen LogP contribution < -0.4 is 5.19 Å². The molecule has 0 saturated heterocycles. The molecule has 0 spiro atoms. The lowest BCUT2D eigenvalue weighted by molar-refractivity contribution is -0.105. The topological polar surface area (TPSA) is 17.1 Å². The molecule has 1 aromatic rings. The molecule has 1 unspecified atom stereocenters. The normalized spacial score (nSPS) is 14.2. The van der Waals surface area contributed by atoms with Crippen molar-refractivity contribution in [3.63, 3.8) is 0 Å². The first-order chi connectivity index (χ1) is 8.99. The molecule has 0 N–H and O–H groups in total. The van der Waals surface area contributed by atoms with Crippen molar-refractivity contribution in [3.8, 4) is 0 Å². The lowest BCUT2D eigenvalue weighted by atomic mass is 10.0. The van der Waals surface area contributed by atoms with Gasteiger partial charge in [-0.25, -0.2) is 0 Å². The quantitative estimate of drug-likeness (QED) is 0.416. The molecule has 1 rings (SSSR count). The second-order valence-corrected chi connectivity index (χ2v) is 10.3. The zero-order chi connectivity index (χ0) is 14.3. The molecule has 0 heterocycles. The number of carbonyl (C=O) groups excluding carboxylic acids is 1. The third-order valence-electron chi connectivity index (χ3n) is 3.84. The van der Waals surface area contributed by atoms with Crippen molar-refractivity contribution < 1.29 is 4.79 Å².